The minimum atomic E-state index is -1.31. The Bertz CT molecular complexity index is 875. The maximum absolute atomic E-state index is 14.0. The van der Waals surface area contributed by atoms with Crippen molar-refractivity contribution in [3.63, 3.8) is 0 Å². The SMILES string of the molecule is COc1ccc(COc2nsc(NC(=O)NCCCCN(C)C)c2C(=O)O)c(F)c1. The molecule has 164 valence electrons. The number of hydrogen-bond donors (Lipinski definition) is 3. The van der Waals surface area contributed by atoms with Gasteiger partial charge in [0.2, 0.25) is 5.88 Å². The van der Waals surface area contributed by atoms with E-state index in [0.717, 1.165) is 30.9 Å². The minimum Gasteiger partial charge on any atom is -0.497 e. The van der Waals surface area contributed by atoms with Crippen LogP contribution in [0.15, 0.2) is 18.2 Å². The fourth-order valence-corrected chi connectivity index (χ4v) is 3.19. The number of halogens is 1. The van der Waals surface area contributed by atoms with E-state index in [2.05, 4.69) is 19.9 Å². The second-order valence-electron chi connectivity index (χ2n) is 6.63. The number of anilines is 1. The first kappa shape index (κ1) is 23.4. The lowest BCUT2D eigenvalue weighted by Gasteiger charge is -2.10. The first-order valence-corrected chi connectivity index (χ1v) is 9.97. The van der Waals surface area contributed by atoms with E-state index in [0.29, 0.717) is 12.3 Å². The van der Waals surface area contributed by atoms with Gasteiger partial charge in [-0.1, -0.05) is 0 Å². The number of aromatic carboxylic acids is 1. The highest BCUT2D eigenvalue weighted by atomic mass is 32.1. The Kier molecular flexibility index (Phi) is 8.81. The van der Waals surface area contributed by atoms with E-state index in [1.807, 2.05) is 14.1 Å². The third-order valence-corrected chi connectivity index (χ3v) is 4.79. The number of carboxylic acid groups (broad SMARTS) is 1. The molecule has 1 aromatic heterocycles. The summed E-state index contributed by atoms with van der Waals surface area (Å²) >= 11 is 0.778. The van der Waals surface area contributed by atoms with E-state index in [1.54, 1.807) is 6.07 Å². The number of urea groups is 1. The lowest BCUT2D eigenvalue weighted by molar-refractivity contribution is 0.0693. The van der Waals surface area contributed by atoms with E-state index in [1.165, 1.54) is 19.2 Å². The van der Waals surface area contributed by atoms with Crippen LogP contribution in [0.2, 0.25) is 0 Å². The normalized spacial score (nSPS) is 10.7. The highest BCUT2D eigenvalue weighted by Crippen LogP contribution is 2.31. The van der Waals surface area contributed by atoms with Gasteiger partial charge in [0.25, 0.3) is 0 Å². The molecular weight excluding hydrogens is 415 g/mol. The molecule has 2 aromatic rings. The van der Waals surface area contributed by atoms with E-state index >= 15 is 0 Å². The van der Waals surface area contributed by atoms with Gasteiger partial charge in [-0.25, -0.2) is 14.0 Å². The van der Waals surface area contributed by atoms with Crippen molar-refractivity contribution in [3.05, 3.63) is 35.1 Å². The highest BCUT2D eigenvalue weighted by molar-refractivity contribution is 7.11. The highest BCUT2D eigenvalue weighted by Gasteiger charge is 2.23. The standard InChI is InChI=1S/C19H25FN4O5S/c1-24(2)9-5-4-8-21-19(27)22-17-15(18(25)26)16(23-30-17)29-11-12-6-7-13(28-3)10-14(12)20/h6-7,10H,4-5,8-9,11H2,1-3H3,(H,25,26)(H2,21,22,27). The number of aromatic nitrogens is 1. The van der Waals surface area contributed by atoms with E-state index in [-0.39, 0.29) is 28.6 Å². The van der Waals surface area contributed by atoms with Crippen LogP contribution in [0.5, 0.6) is 11.6 Å². The maximum atomic E-state index is 14.0. The zero-order chi connectivity index (χ0) is 22.1. The molecule has 0 aliphatic rings. The third kappa shape index (κ3) is 6.85. The molecule has 9 nitrogen and oxygen atoms in total. The Morgan fingerprint density at radius 1 is 1.30 bits per heavy atom. The van der Waals surface area contributed by atoms with Crippen molar-refractivity contribution < 1.29 is 28.6 Å². The number of carbonyl (C=O) groups is 2. The smallest absolute Gasteiger partial charge is 0.344 e. The number of carboxylic acids is 1. The number of ether oxygens (including phenoxy) is 2. The van der Waals surface area contributed by atoms with Crippen LogP contribution in [0, 0.1) is 5.82 Å². The quantitative estimate of drug-likeness (QED) is 0.460. The number of benzene rings is 1. The van der Waals surface area contributed by atoms with Crippen molar-refractivity contribution in [1.82, 2.24) is 14.6 Å². The molecule has 11 heteroatoms. The Labute approximate surface area is 178 Å². The molecule has 3 N–H and O–H groups in total. The molecule has 0 unspecified atom stereocenters. The summed E-state index contributed by atoms with van der Waals surface area (Å²) in [5.74, 6) is -1.69. The van der Waals surface area contributed by atoms with Crippen LogP contribution in [0.1, 0.15) is 28.8 Å². The molecule has 0 saturated carbocycles. The van der Waals surface area contributed by atoms with Gasteiger partial charge in [0.1, 0.15) is 23.2 Å². The zero-order valence-corrected chi connectivity index (χ0v) is 17.8. The van der Waals surface area contributed by atoms with Gasteiger partial charge >= 0.3 is 12.0 Å². The Balaban J connectivity index is 1.96. The van der Waals surface area contributed by atoms with Gasteiger partial charge in [-0.3, -0.25) is 5.32 Å². The first-order chi connectivity index (χ1) is 14.3. The monoisotopic (exact) mass is 440 g/mol. The predicted molar refractivity (Wildman–Crippen MR) is 111 cm³/mol. The number of rotatable bonds is 11. The van der Waals surface area contributed by atoms with Crippen molar-refractivity contribution in [2.45, 2.75) is 19.4 Å². The van der Waals surface area contributed by atoms with Crippen molar-refractivity contribution in [2.75, 3.05) is 39.6 Å². The summed E-state index contributed by atoms with van der Waals surface area (Å²) in [6.07, 6.45) is 1.72. The molecule has 0 saturated heterocycles. The largest absolute Gasteiger partial charge is 0.497 e. The van der Waals surface area contributed by atoms with Crippen LogP contribution in [-0.2, 0) is 6.61 Å². The van der Waals surface area contributed by atoms with Crippen molar-refractivity contribution in [1.29, 1.82) is 0 Å². The zero-order valence-electron chi connectivity index (χ0n) is 17.0. The fourth-order valence-electron chi connectivity index (χ4n) is 2.47. The molecule has 0 radical (unpaired) electrons. The number of nitrogens with one attached hydrogen (secondary N) is 2. The van der Waals surface area contributed by atoms with Crippen LogP contribution in [0.3, 0.4) is 0 Å². The molecule has 0 aliphatic heterocycles. The Morgan fingerprint density at radius 3 is 2.70 bits per heavy atom. The summed E-state index contributed by atoms with van der Waals surface area (Å²) in [6, 6.07) is 3.72. The average Bonchev–Trinajstić information content (AvgIpc) is 3.09. The lowest BCUT2D eigenvalue weighted by Crippen LogP contribution is -2.30. The van der Waals surface area contributed by atoms with Crippen molar-refractivity contribution in [2.24, 2.45) is 0 Å². The number of methoxy groups -OCH3 is 1. The van der Waals surface area contributed by atoms with E-state index in [9.17, 15) is 19.1 Å². The van der Waals surface area contributed by atoms with Gasteiger partial charge in [-0.05, 0) is 57.1 Å². The number of hydrogen-bond acceptors (Lipinski definition) is 7. The molecular formula is C19H25FN4O5S. The lowest BCUT2D eigenvalue weighted by atomic mass is 10.2. The molecule has 1 aromatic carbocycles. The van der Waals surface area contributed by atoms with Gasteiger partial charge in [-0.15, -0.1) is 0 Å². The molecule has 0 bridgehead atoms. The molecule has 0 aliphatic carbocycles. The fraction of sp³-hybridized carbons (Fsp3) is 0.421. The molecule has 0 atom stereocenters. The van der Waals surface area contributed by atoms with Gasteiger partial charge in [0.15, 0.2) is 5.56 Å². The second-order valence-corrected chi connectivity index (χ2v) is 7.41. The number of carbonyl (C=O) groups excluding carboxylic acids is 1. The average molecular weight is 440 g/mol. The molecule has 0 spiro atoms. The number of amides is 2. The van der Waals surface area contributed by atoms with E-state index < -0.39 is 17.8 Å². The van der Waals surface area contributed by atoms with Crippen LogP contribution in [0.25, 0.3) is 0 Å². The first-order valence-electron chi connectivity index (χ1n) is 9.19. The van der Waals surface area contributed by atoms with Gasteiger partial charge in [0, 0.05) is 18.2 Å². The summed E-state index contributed by atoms with van der Waals surface area (Å²) in [6.45, 7) is 1.15. The Morgan fingerprint density at radius 2 is 2.07 bits per heavy atom. The summed E-state index contributed by atoms with van der Waals surface area (Å²) in [7, 11) is 5.37. The van der Waals surface area contributed by atoms with Crippen molar-refractivity contribution >= 4 is 28.5 Å². The summed E-state index contributed by atoms with van der Waals surface area (Å²) in [5.41, 5.74) is -0.0678. The summed E-state index contributed by atoms with van der Waals surface area (Å²) in [4.78, 5) is 25.7. The molecule has 2 amide bonds. The van der Waals surface area contributed by atoms with Crippen LogP contribution < -0.4 is 20.1 Å². The van der Waals surface area contributed by atoms with Crippen LogP contribution in [-0.4, -0.2) is 60.7 Å². The van der Waals surface area contributed by atoms with Gasteiger partial charge < -0.3 is 24.8 Å². The number of unbranched alkanes of at least 4 members (excludes halogenated alkanes) is 1. The van der Waals surface area contributed by atoms with Gasteiger partial charge in [0.05, 0.1) is 7.11 Å². The van der Waals surface area contributed by atoms with Crippen LogP contribution in [0.4, 0.5) is 14.2 Å². The minimum absolute atomic E-state index is 0.0403. The Hall–Kier alpha value is -2.92. The van der Waals surface area contributed by atoms with Gasteiger partial charge in [-0.2, -0.15) is 4.37 Å². The summed E-state index contributed by atoms with van der Waals surface area (Å²) in [5, 5.41) is 14.7. The predicted octanol–water partition coefficient (Wildman–Crippen LogP) is 3.03. The second kappa shape index (κ2) is 11.3. The van der Waals surface area contributed by atoms with Crippen molar-refractivity contribution in [3.8, 4) is 11.6 Å². The molecule has 1 heterocycles. The molecule has 0 fully saturated rings. The van der Waals surface area contributed by atoms with E-state index in [4.69, 9.17) is 9.47 Å². The molecule has 30 heavy (non-hydrogen) atoms. The maximum Gasteiger partial charge on any atom is 0.344 e. The summed E-state index contributed by atoms with van der Waals surface area (Å²) < 4.78 is 28.3. The van der Waals surface area contributed by atoms with Crippen LogP contribution >= 0.6 is 11.5 Å². The molecule has 2 rings (SSSR count). The topological polar surface area (TPSA) is 113 Å². The third-order valence-electron chi connectivity index (χ3n) is 4.04. The number of nitrogens with zero attached hydrogens (tertiary/aromatic N) is 2.